The molecule has 212 valence electrons. The molecule has 1 fully saturated rings. The fourth-order valence-corrected chi connectivity index (χ4v) is 4.80. The Morgan fingerprint density at radius 2 is 1.80 bits per heavy atom. The summed E-state index contributed by atoms with van der Waals surface area (Å²) in [6.07, 6.45) is 1.18. The number of carbonyl (C=O) groups is 4. The van der Waals surface area contributed by atoms with Gasteiger partial charge >= 0.3 is 6.03 Å². The molecule has 9 nitrogen and oxygen atoms in total. The van der Waals surface area contributed by atoms with E-state index in [0.29, 0.717) is 30.4 Å². The van der Waals surface area contributed by atoms with Crippen LogP contribution in [0.2, 0.25) is 0 Å². The van der Waals surface area contributed by atoms with E-state index in [1.54, 1.807) is 36.4 Å². The van der Waals surface area contributed by atoms with E-state index in [0.717, 1.165) is 5.39 Å². The minimum absolute atomic E-state index is 0.00904. The van der Waals surface area contributed by atoms with Crippen LogP contribution in [0.25, 0.3) is 11.0 Å². The van der Waals surface area contributed by atoms with Crippen LogP contribution in [0, 0.1) is 11.7 Å². The highest BCUT2D eigenvalue weighted by Crippen LogP contribution is 2.20. The topological polar surface area (TPSA) is 121 Å². The quantitative estimate of drug-likeness (QED) is 0.389. The average molecular weight is 551 g/mol. The second kappa shape index (κ2) is 12.8. The van der Waals surface area contributed by atoms with E-state index in [9.17, 15) is 23.6 Å². The number of urea groups is 1. The van der Waals surface area contributed by atoms with Gasteiger partial charge in [-0.15, -0.1) is 0 Å². The van der Waals surface area contributed by atoms with Gasteiger partial charge in [0.2, 0.25) is 5.91 Å². The number of hydrogen-bond donors (Lipinski definition) is 3. The maximum absolute atomic E-state index is 13.9. The van der Waals surface area contributed by atoms with E-state index in [1.165, 1.54) is 11.0 Å². The first-order chi connectivity index (χ1) is 19.1. The number of amides is 4. The predicted molar refractivity (Wildman–Crippen MR) is 148 cm³/mol. The average Bonchev–Trinajstić information content (AvgIpc) is 3.31. The number of halogens is 1. The van der Waals surface area contributed by atoms with E-state index in [-0.39, 0.29) is 36.6 Å². The van der Waals surface area contributed by atoms with Crippen LogP contribution in [0.5, 0.6) is 0 Å². The van der Waals surface area contributed by atoms with Crippen molar-refractivity contribution in [1.29, 1.82) is 0 Å². The summed E-state index contributed by atoms with van der Waals surface area (Å²) >= 11 is 0. The molecule has 0 aliphatic carbocycles. The van der Waals surface area contributed by atoms with Crippen LogP contribution in [0.15, 0.2) is 59.0 Å². The van der Waals surface area contributed by atoms with Crippen LogP contribution in [0.4, 0.5) is 9.18 Å². The third-order valence-electron chi connectivity index (χ3n) is 7.06. The number of nitrogens with one attached hydrogen (secondary N) is 3. The van der Waals surface area contributed by atoms with Crippen LogP contribution >= 0.6 is 0 Å². The highest BCUT2D eigenvalue weighted by Gasteiger charge is 2.34. The Morgan fingerprint density at radius 1 is 1.07 bits per heavy atom. The van der Waals surface area contributed by atoms with Gasteiger partial charge in [-0.25, -0.2) is 9.18 Å². The number of furan rings is 1. The van der Waals surface area contributed by atoms with Gasteiger partial charge in [-0.05, 0) is 50.3 Å². The molecule has 3 atom stereocenters. The first-order valence-corrected chi connectivity index (χ1v) is 13.5. The SMILES string of the molecule is CC(C)C[C@H](NC(=O)c1cc2ccccc2o1)C(=O)N[C@H]1CC[C@@H](C)N(C(=O)NCc2ccccc2F)CC1=O. The van der Waals surface area contributed by atoms with E-state index < -0.39 is 35.7 Å². The number of para-hydroxylation sites is 1. The molecule has 2 aromatic carbocycles. The molecule has 0 saturated carbocycles. The molecule has 1 saturated heterocycles. The fourth-order valence-electron chi connectivity index (χ4n) is 4.80. The van der Waals surface area contributed by atoms with Gasteiger partial charge in [-0.2, -0.15) is 0 Å². The summed E-state index contributed by atoms with van der Waals surface area (Å²) < 4.78 is 19.6. The van der Waals surface area contributed by atoms with Gasteiger partial charge in [0.15, 0.2) is 11.5 Å². The largest absolute Gasteiger partial charge is 0.451 e. The smallest absolute Gasteiger partial charge is 0.318 e. The third-order valence-corrected chi connectivity index (χ3v) is 7.06. The van der Waals surface area contributed by atoms with E-state index in [2.05, 4.69) is 16.0 Å². The van der Waals surface area contributed by atoms with Crippen molar-refractivity contribution in [2.75, 3.05) is 6.54 Å². The fraction of sp³-hybridized carbons (Fsp3) is 0.400. The molecule has 40 heavy (non-hydrogen) atoms. The highest BCUT2D eigenvalue weighted by atomic mass is 19.1. The van der Waals surface area contributed by atoms with Crippen molar-refractivity contribution in [2.24, 2.45) is 5.92 Å². The van der Waals surface area contributed by atoms with Crippen molar-refractivity contribution >= 4 is 34.6 Å². The lowest BCUT2D eigenvalue weighted by molar-refractivity contribution is -0.129. The summed E-state index contributed by atoms with van der Waals surface area (Å²) in [7, 11) is 0. The summed E-state index contributed by atoms with van der Waals surface area (Å²) in [5.74, 6) is -1.54. The van der Waals surface area contributed by atoms with Gasteiger partial charge in [-0.1, -0.05) is 50.2 Å². The summed E-state index contributed by atoms with van der Waals surface area (Å²) in [5.41, 5.74) is 0.911. The summed E-state index contributed by atoms with van der Waals surface area (Å²) in [4.78, 5) is 53.6. The van der Waals surface area contributed by atoms with E-state index >= 15 is 0 Å². The maximum Gasteiger partial charge on any atom is 0.318 e. The minimum Gasteiger partial charge on any atom is -0.451 e. The molecular formula is C30H35FN4O5. The number of likely N-dealkylation sites (tertiary alicyclic amines) is 1. The lowest BCUT2D eigenvalue weighted by atomic mass is 10.0. The van der Waals surface area contributed by atoms with Crippen molar-refractivity contribution < 1.29 is 28.0 Å². The van der Waals surface area contributed by atoms with Crippen molar-refractivity contribution in [3.05, 3.63) is 71.7 Å². The molecule has 1 aromatic heterocycles. The van der Waals surface area contributed by atoms with Gasteiger partial charge in [-0.3, -0.25) is 14.4 Å². The first kappa shape index (κ1) is 28.8. The lowest BCUT2D eigenvalue weighted by Gasteiger charge is -2.26. The molecule has 0 radical (unpaired) electrons. The van der Waals surface area contributed by atoms with Crippen molar-refractivity contribution in [2.45, 2.75) is 64.7 Å². The standard InChI is InChI=1S/C30H35FN4O5/c1-18(2)14-24(34-29(38)27-15-20-8-5-7-11-26(20)40-27)28(37)33-23-13-12-19(3)35(17-25(23)36)30(39)32-16-21-9-4-6-10-22(21)31/h4-11,15,18-19,23-24H,12-14,16-17H2,1-3H3,(H,32,39)(H,33,37)(H,34,38)/t19-,23+,24+/m1/s1. The zero-order valence-electron chi connectivity index (χ0n) is 22.9. The molecule has 0 unspecified atom stereocenters. The third kappa shape index (κ3) is 7.05. The molecule has 1 aliphatic rings. The molecule has 4 rings (SSSR count). The molecule has 0 bridgehead atoms. The highest BCUT2D eigenvalue weighted by molar-refractivity contribution is 5.99. The monoisotopic (exact) mass is 550 g/mol. The minimum atomic E-state index is -0.880. The van der Waals surface area contributed by atoms with Crippen molar-refractivity contribution in [3.63, 3.8) is 0 Å². The Balaban J connectivity index is 1.38. The number of fused-ring (bicyclic) bond motifs is 1. The van der Waals surface area contributed by atoms with Gasteiger partial charge in [0.05, 0.1) is 12.6 Å². The summed E-state index contributed by atoms with van der Waals surface area (Å²) in [5, 5.41) is 9.02. The molecule has 0 spiro atoms. The van der Waals surface area contributed by atoms with Gasteiger partial charge in [0, 0.05) is 23.5 Å². The number of benzene rings is 2. The van der Waals surface area contributed by atoms with Crippen LogP contribution in [-0.4, -0.2) is 53.2 Å². The number of ketones is 1. The molecule has 3 N–H and O–H groups in total. The number of nitrogens with zero attached hydrogens (tertiary/aromatic N) is 1. The Morgan fingerprint density at radius 3 is 2.52 bits per heavy atom. The number of hydrogen-bond acceptors (Lipinski definition) is 5. The summed E-state index contributed by atoms with van der Waals surface area (Å²) in [6.45, 7) is 5.49. The maximum atomic E-state index is 13.9. The van der Waals surface area contributed by atoms with E-state index in [4.69, 9.17) is 4.42 Å². The van der Waals surface area contributed by atoms with Crippen LogP contribution in [-0.2, 0) is 16.1 Å². The van der Waals surface area contributed by atoms with Crippen LogP contribution in [0.1, 0.15) is 56.2 Å². The van der Waals surface area contributed by atoms with E-state index in [1.807, 2.05) is 32.9 Å². The normalized spacial score (nSPS) is 18.3. The Labute approximate surface area is 232 Å². The van der Waals surface area contributed by atoms with Crippen molar-refractivity contribution in [3.8, 4) is 0 Å². The second-order valence-corrected chi connectivity index (χ2v) is 10.6. The molecule has 2 heterocycles. The number of rotatable bonds is 8. The lowest BCUT2D eigenvalue weighted by Crippen LogP contribution is -2.53. The van der Waals surface area contributed by atoms with Crippen LogP contribution in [0.3, 0.4) is 0 Å². The van der Waals surface area contributed by atoms with Gasteiger partial charge in [0.1, 0.15) is 17.4 Å². The number of carbonyl (C=O) groups excluding carboxylic acids is 4. The molecule has 4 amide bonds. The Kier molecular flexibility index (Phi) is 9.19. The second-order valence-electron chi connectivity index (χ2n) is 10.6. The zero-order valence-corrected chi connectivity index (χ0v) is 22.9. The Hall–Kier alpha value is -4.21. The molecule has 10 heteroatoms. The number of Topliss-reactive ketones (excluding diaryl/α,β-unsaturated/α-hetero) is 1. The van der Waals surface area contributed by atoms with Crippen molar-refractivity contribution in [1.82, 2.24) is 20.9 Å². The van der Waals surface area contributed by atoms with Gasteiger partial charge in [0.25, 0.3) is 5.91 Å². The first-order valence-electron chi connectivity index (χ1n) is 13.5. The molecule has 1 aliphatic heterocycles. The van der Waals surface area contributed by atoms with Crippen LogP contribution < -0.4 is 16.0 Å². The molecule has 3 aromatic rings. The Bertz CT molecular complexity index is 1350. The molecular weight excluding hydrogens is 515 g/mol. The summed E-state index contributed by atoms with van der Waals surface area (Å²) in [6, 6.07) is 12.6. The van der Waals surface area contributed by atoms with Gasteiger partial charge < -0.3 is 25.3 Å². The zero-order chi connectivity index (χ0) is 28.8. The predicted octanol–water partition coefficient (Wildman–Crippen LogP) is 4.16.